The first-order valence-electron chi connectivity index (χ1n) is 11.0. The highest BCUT2D eigenvalue weighted by Gasteiger charge is 2.35. The molecule has 5 heterocycles. The van der Waals surface area contributed by atoms with Crippen LogP contribution in [0.2, 0.25) is 0 Å². The summed E-state index contributed by atoms with van der Waals surface area (Å²) in [5, 5.41) is 1.44. The number of ether oxygens (including phenoxy) is 1. The van der Waals surface area contributed by atoms with Gasteiger partial charge in [-0.15, -0.1) is 0 Å². The summed E-state index contributed by atoms with van der Waals surface area (Å²) in [5.74, 6) is 1.63. The third kappa shape index (κ3) is 3.95. The Morgan fingerprint density at radius 2 is 2.00 bits per heavy atom. The lowest BCUT2D eigenvalue weighted by Gasteiger charge is -2.40. The van der Waals surface area contributed by atoms with Gasteiger partial charge in [0.1, 0.15) is 23.2 Å². The molecule has 4 aromatic heterocycles. The normalized spacial score (nSPS) is 15.5. The molecule has 0 bridgehead atoms. The maximum absolute atomic E-state index is 6.78. The highest BCUT2D eigenvalue weighted by molar-refractivity contribution is 7.99. The van der Waals surface area contributed by atoms with E-state index in [0.29, 0.717) is 10.8 Å². The molecule has 0 spiro atoms. The van der Waals surface area contributed by atoms with E-state index in [-0.39, 0.29) is 6.10 Å². The molecule has 0 radical (unpaired) electrons. The summed E-state index contributed by atoms with van der Waals surface area (Å²) in [6, 6.07) is 5.75. The molecule has 0 atom stereocenters. The maximum Gasteiger partial charge on any atom is 0.194 e. The van der Waals surface area contributed by atoms with E-state index < -0.39 is 0 Å². The number of anilines is 1. The molecule has 0 N–H and O–H groups in total. The third-order valence-electron chi connectivity index (χ3n) is 5.87. The number of allylic oxidation sites excluding steroid dienone is 1. The van der Waals surface area contributed by atoms with E-state index in [0.717, 1.165) is 64.2 Å². The van der Waals surface area contributed by atoms with Crippen molar-refractivity contribution in [3.05, 3.63) is 66.0 Å². The summed E-state index contributed by atoms with van der Waals surface area (Å²) in [4.78, 5) is 30.0. The first-order chi connectivity index (χ1) is 16.7. The number of hydrogen-bond donors (Lipinski definition) is 0. The van der Waals surface area contributed by atoms with Crippen LogP contribution in [0.25, 0.3) is 16.2 Å². The highest BCUT2D eigenvalue weighted by Crippen LogP contribution is 2.43. The van der Waals surface area contributed by atoms with Crippen molar-refractivity contribution in [1.29, 1.82) is 0 Å². The van der Waals surface area contributed by atoms with Crippen molar-refractivity contribution in [2.24, 2.45) is 0 Å². The van der Waals surface area contributed by atoms with Gasteiger partial charge < -0.3 is 9.64 Å². The van der Waals surface area contributed by atoms with E-state index >= 15 is 0 Å². The summed E-state index contributed by atoms with van der Waals surface area (Å²) in [6.45, 7) is 3.57. The second-order valence-electron chi connectivity index (χ2n) is 8.11. The lowest BCUT2D eigenvalue weighted by Crippen LogP contribution is -2.54. The second kappa shape index (κ2) is 8.81. The number of aromatic nitrogens is 6. The Morgan fingerprint density at radius 1 is 1.12 bits per heavy atom. The van der Waals surface area contributed by atoms with Crippen molar-refractivity contribution in [3.63, 3.8) is 0 Å². The highest BCUT2D eigenvalue weighted by atomic mass is 35.5. The summed E-state index contributed by atoms with van der Waals surface area (Å²) >= 11 is 8.25. The Bertz CT molecular complexity index is 1410. The lowest BCUT2D eigenvalue weighted by molar-refractivity contribution is 0.166. The average molecular weight is 490 g/mol. The summed E-state index contributed by atoms with van der Waals surface area (Å²) < 4.78 is 6.04. The molecule has 1 aliphatic heterocycles. The van der Waals surface area contributed by atoms with Crippen molar-refractivity contribution in [1.82, 2.24) is 29.9 Å². The predicted molar refractivity (Wildman–Crippen MR) is 131 cm³/mol. The van der Waals surface area contributed by atoms with Gasteiger partial charge in [-0.2, -0.15) is 0 Å². The van der Waals surface area contributed by atoms with Crippen molar-refractivity contribution in [3.8, 4) is 5.75 Å². The number of halogens is 1. The molecule has 1 saturated heterocycles. The van der Waals surface area contributed by atoms with Gasteiger partial charge in [0, 0.05) is 36.1 Å². The van der Waals surface area contributed by atoms with Gasteiger partial charge in [0.2, 0.25) is 0 Å². The van der Waals surface area contributed by atoms with E-state index in [2.05, 4.69) is 31.8 Å². The van der Waals surface area contributed by atoms with Crippen LogP contribution in [0.15, 0.2) is 64.8 Å². The summed E-state index contributed by atoms with van der Waals surface area (Å²) in [7, 11) is 0. The standard InChI is InChI=1S/C24H20ClN7OS/c1-2-14-8-18-20(21(14)25)23(32-12-16(13-32)33-15-4-3-5-26-10-15)31-24(30-18)34-17-9-19-22(29-11-17)28-7-6-27-19/h3-7,9-11,16H,2,8,12-13H2,1H3. The lowest BCUT2D eigenvalue weighted by atomic mass is 10.1. The zero-order valence-electron chi connectivity index (χ0n) is 18.3. The van der Waals surface area contributed by atoms with Crippen LogP contribution < -0.4 is 9.64 Å². The molecule has 0 amide bonds. The van der Waals surface area contributed by atoms with Crippen LogP contribution in [0.1, 0.15) is 24.6 Å². The fourth-order valence-electron chi connectivity index (χ4n) is 4.13. The average Bonchev–Trinajstić information content (AvgIpc) is 3.17. The molecule has 8 nitrogen and oxygen atoms in total. The smallest absolute Gasteiger partial charge is 0.194 e. The maximum atomic E-state index is 6.78. The SMILES string of the molecule is CCC1=C(Cl)c2c(nc(Sc3cnc4nccnc4c3)nc2N2CC(Oc3cccnc3)C2)C1. The Balaban J connectivity index is 1.29. The molecule has 2 aliphatic rings. The van der Waals surface area contributed by atoms with Crippen LogP contribution in [0.5, 0.6) is 5.75 Å². The number of fused-ring (bicyclic) bond motifs is 2. The van der Waals surface area contributed by atoms with E-state index in [1.807, 2.05) is 18.2 Å². The minimum absolute atomic E-state index is 0.0731. The third-order valence-corrected chi connectivity index (χ3v) is 7.16. The Hall–Kier alpha value is -3.30. The van der Waals surface area contributed by atoms with E-state index in [1.54, 1.807) is 31.0 Å². The molecule has 1 aliphatic carbocycles. The number of rotatable bonds is 6. The van der Waals surface area contributed by atoms with Gasteiger partial charge in [0.15, 0.2) is 10.8 Å². The monoisotopic (exact) mass is 489 g/mol. The minimum atomic E-state index is 0.0731. The fourth-order valence-corrected chi connectivity index (χ4v) is 5.30. The van der Waals surface area contributed by atoms with E-state index in [4.69, 9.17) is 26.3 Å². The zero-order chi connectivity index (χ0) is 23.1. The Kier molecular flexibility index (Phi) is 5.50. The molecule has 10 heteroatoms. The first kappa shape index (κ1) is 21.2. The molecule has 0 unspecified atom stereocenters. The fraction of sp³-hybridized carbons (Fsp3) is 0.250. The Labute approximate surface area is 205 Å². The van der Waals surface area contributed by atoms with Crippen LogP contribution >= 0.6 is 23.4 Å². The topological polar surface area (TPSA) is 89.8 Å². The molecule has 0 saturated carbocycles. The van der Waals surface area contributed by atoms with Crippen LogP contribution in [0.3, 0.4) is 0 Å². The molecule has 6 rings (SSSR count). The zero-order valence-corrected chi connectivity index (χ0v) is 19.9. The summed E-state index contributed by atoms with van der Waals surface area (Å²) in [5.41, 5.74) is 4.47. The Morgan fingerprint density at radius 3 is 2.82 bits per heavy atom. The van der Waals surface area contributed by atoms with Gasteiger partial charge in [0.05, 0.1) is 35.6 Å². The van der Waals surface area contributed by atoms with Gasteiger partial charge in [-0.1, -0.05) is 18.5 Å². The molecule has 4 aromatic rings. The quantitative estimate of drug-likeness (QED) is 0.362. The molecule has 170 valence electrons. The number of hydrogen-bond acceptors (Lipinski definition) is 9. The van der Waals surface area contributed by atoms with Crippen LogP contribution in [-0.2, 0) is 6.42 Å². The molecule has 1 fully saturated rings. The van der Waals surface area contributed by atoms with Crippen LogP contribution in [-0.4, -0.2) is 49.1 Å². The number of nitrogens with zero attached hydrogens (tertiary/aromatic N) is 7. The summed E-state index contributed by atoms with van der Waals surface area (Å²) in [6.07, 6.45) is 10.3. The van der Waals surface area contributed by atoms with Crippen molar-refractivity contribution < 1.29 is 4.74 Å². The van der Waals surface area contributed by atoms with Crippen LogP contribution in [0.4, 0.5) is 5.82 Å². The predicted octanol–water partition coefficient (Wildman–Crippen LogP) is 4.54. The van der Waals surface area contributed by atoms with E-state index in [1.165, 1.54) is 17.3 Å². The van der Waals surface area contributed by atoms with Crippen LogP contribution in [0, 0.1) is 0 Å². The van der Waals surface area contributed by atoms with E-state index in [9.17, 15) is 0 Å². The van der Waals surface area contributed by atoms with Gasteiger partial charge in [-0.3, -0.25) is 9.97 Å². The minimum Gasteiger partial charge on any atom is -0.485 e. The first-order valence-corrected chi connectivity index (χ1v) is 12.2. The van der Waals surface area contributed by atoms with Gasteiger partial charge in [-0.05, 0) is 42.0 Å². The van der Waals surface area contributed by atoms with Gasteiger partial charge in [-0.25, -0.2) is 19.9 Å². The van der Waals surface area contributed by atoms with Gasteiger partial charge in [0.25, 0.3) is 0 Å². The number of pyridine rings is 2. The largest absolute Gasteiger partial charge is 0.485 e. The van der Waals surface area contributed by atoms with Crippen molar-refractivity contribution in [2.45, 2.75) is 35.9 Å². The molecular formula is C24H20ClN7OS. The second-order valence-corrected chi connectivity index (χ2v) is 9.52. The molecule has 34 heavy (non-hydrogen) atoms. The molecular weight excluding hydrogens is 470 g/mol. The molecule has 0 aromatic carbocycles. The van der Waals surface area contributed by atoms with Gasteiger partial charge >= 0.3 is 0 Å². The van der Waals surface area contributed by atoms with Crippen molar-refractivity contribution in [2.75, 3.05) is 18.0 Å². The van der Waals surface area contributed by atoms with Crippen molar-refractivity contribution >= 4 is 45.4 Å².